The summed E-state index contributed by atoms with van der Waals surface area (Å²) < 4.78 is 19.7. The molecule has 2 aromatic carbocycles. The van der Waals surface area contributed by atoms with Crippen LogP contribution in [-0.4, -0.2) is 45.1 Å². The molecule has 0 aliphatic rings. The van der Waals surface area contributed by atoms with Gasteiger partial charge in [0.2, 0.25) is 5.91 Å². The number of carbonyl (C=O) groups is 2. The molecule has 0 spiro atoms. The normalized spacial score (nSPS) is 14.4. The summed E-state index contributed by atoms with van der Waals surface area (Å²) in [6, 6.07) is 16.3. The third kappa shape index (κ3) is 7.05. The number of nitrogens with zero attached hydrogens (tertiary/aromatic N) is 2. The lowest BCUT2D eigenvalue weighted by molar-refractivity contribution is -0.124. The van der Waals surface area contributed by atoms with Crippen molar-refractivity contribution in [3.63, 3.8) is 0 Å². The van der Waals surface area contributed by atoms with Crippen LogP contribution in [0.15, 0.2) is 60.8 Å². The van der Waals surface area contributed by atoms with Crippen LogP contribution in [0, 0.1) is 5.92 Å². The second kappa shape index (κ2) is 11.2. The number of fused-ring (bicyclic) bond motifs is 1. The van der Waals surface area contributed by atoms with Crippen molar-refractivity contribution >= 4 is 22.8 Å². The molecule has 1 aromatic heterocycles. The molecule has 3 atom stereocenters. The third-order valence-corrected chi connectivity index (χ3v) is 5.75. The number of ether oxygens (including phenoxy) is 1. The Bertz CT molecular complexity index is 1110. The van der Waals surface area contributed by atoms with E-state index in [9.17, 15) is 19.1 Å². The van der Waals surface area contributed by atoms with Crippen LogP contribution in [0.1, 0.15) is 49.0 Å². The van der Waals surface area contributed by atoms with E-state index in [0.717, 1.165) is 5.56 Å². The molecule has 3 aromatic rings. The van der Waals surface area contributed by atoms with Gasteiger partial charge < -0.3 is 15.6 Å². The predicted molar refractivity (Wildman–Crippen MR) is 127 cm³/mol. The Hall–Kier alpha value is -3.39. The van der Waals surface area contributed by atoms with Gasteiger partial charge in [0.1, 0.15) is 11.8 Å². The van der Waals surface area contributed by atoms with E-state index in [1.165, 1.54) is 20.0 Å². The molecule has 0 bridgehead atoms. The Morgan fingerprint density at radius 1 is 1.12 bits per heavy atom. The fourth-order valence-corrected chi connectivity index (χ4v) is 3.81. The van der Waals surface area contributed by atoms with Crippen molar-refractivity contribution in [2.45, 2.75) is 57.4 Å². The van der Waals surface area contributed by atoms with E-state index >= 15 is 0 Å². The summed E-state index contributed by atoms with van der Waals surface area (Å²) in [6.07, 6.45) is -0.346. The van der Waals surface area contributed by atoms with Gasteiger partial charge in [-0.05, 0) is 44.7 Å². The molecule has 3 rings (SSSR count). The monoisotopic (exact) mass is 467 g/mol. The van der Waals surface area contributed by atoms with Gasteiger partial charge in [0, 0.05) is 17.7 Å². The highest BCUT2D eigenvalue weighted by Crippen LogP contribution is 2.25. The van der Waals surface area contributed by atoms with Crippen LogP contribution in [0.5, 0.6) is 0 Å². The summed E-state index contributed by atoms with van der Waals surface area (Å²) in [5.74, 6) is -2.05. The quantitative estimate of drug-likeness (QED) is 0.415. The molecule has 34 heavy (non-hydrogen) atoms. The highest BCUT2D eigenvalue weighted by molar-refractivity contribution is 6.02. The number of alkyl halides is 1. The number of hydrogen-bond acceptors (Lipinski definition) is 6. The maximum Gasteiger partial charge on any atom is 0.340 e. The highest BCUT2D eigenvalue weighted by atomic mass is 19.1. The summed E-state index contributed by atoms with van der Waals surface area (Å²) >= 11 is 0. The van der Waals surface area contributed by atoms with E-state index in [1.807, 2.05) is 30.3 Å². The third-order valence-electron chi connectivity index (χ3n) is 5.75. The standard InChI is InChI=1S/C26H30FN3O4/c1-26(2,27)13-12-18(24(28)32)15-22(31)23(14-17-8-4-3-5-9-17)34-25(33)20-16-29-30-21-11-7-6-10-19(20)21/h3-11,16,18,22-23,31H,12-15H2,1-2H3,(H2,28,32)/t18-,22+,23+/m1/s1. The molecule has 7 nitrogen and oxygen atoms in total. The van der Waals surface area contributed by atoms with Gasteiger partial charge in [-0.3, -0.25) is 4.79 Å². The van der Waals surface area contributed by atoms with E-state index in [-0.39, 0.29) is 31.2 Å². The minimum Gasteiger partial charge on any atom is -0.456 e. The number of aromatic nitrogens is 2. The van der Waals surface area contributed by atoms with Gasteiger partial charge in [0.25, 0.3) is 0 Å². The van der Waals surface area contributed by atoms with E-state index < -0.39 is 35.7 Å². The van der Waals surface area contributed by atoms with Crippen molar-refractivity contribution in [3.8, 4) is 0 Å². The van der Waals surface area contributed by atoms with Gasteiger partial charge in [-0.15, -0.1) is 0 Å². The first kappa shape index (κ1) is 25.2. The lowest BCUT2D eigenvalue weighted by Gasteiger charge is -2.27. The van der Waals surface area contributed by atoms with E-state index in [4.69, 9.17) is 10.5 Å². The zero-order chi connectivity index (χ0) is 24.7. The van der Waals surface area contributed by atoms with Crippen molar-refractivity contribution in [2.24, 2.45) is 11.7 Å². The molecule has 0 aliphatic carbocycles. The van der Waals surface area contributed by atoms with Crippen LogP contribution in [0.25, 0.3) is 10.9 Å². The van der Waals surface area contributed by atoms with Crippen molar-refractivity contribution in [2.75, 3.05) is 0 Å². The number of hydrogen-bond donors (Lipinski definition) is 2. The molecule has 0 saturated heterocycles. The maximum atomic E-state index is 14.0. The summed E-state index contributed by atoms with van der Waals surface area (Å²) in [4.78, 5) is 25.1. The van der Waals surface area contributed by atoms with Gasteiger partial charge in [0.05, 0.1) is 23.4 Å². The van der Waals surface area contributed by atoms with E-state index in [1.54, 1.807) is 24.3 Å². The number of esters is 1. The molecule has 0 radical (unpaired) electrons. The van der Waals surface area contributed by atoms with Crippen molar-refractivity contribution < 1.29 is 23.8 Å². The molecule has 0 unspecified atom stereocenters. The summed E-state index contributed by atoms with van der Waals surface area (Å²) in [6.45, 7) is 2.85. The first-order valence-electron chi connectivity index (χ1n) is 11.3. The molecule has 180 valence electrons. The molecule has 3 N–H and O–H groups in total. The first-order chi connectivity index (χ1) is 16.1. The number of benzene rings is 2. The molecule has 1 heterocycles. The van der Waals surface area contributed by atoms with Gasteiger partial charge in [-0.1, -0.05) is 48.5 Å². The molecule has 0 fully saturated rings. The number of nitrogens with two attached hydrogens (primary N) is 1. The van der Waals surface area contributed by atoms with Crippen molar-refractivity contribution in [3.05, 3.63) is 71.9 Å². The van der Waals surface area contributed by atoms with Crippen LogP contribution in [0.3, 0.4) is 0 Å². The highest BCUT2D eigenvalue weighted by Gasteiger charge is 2.31. The molecular formula is C26H30FN3O4. The molecule has 8 heteroatoms. The Morgan fingerprint density at radius 3 is 2.47 bits per heavy atom. The second-order valence-corrected chi connectivity index (χ2v) is 9.07. The number of rotatable bonds is 11. The Balaban J connectivity index is 1.82. The smallest absolute Gasteiger partial charge is 0.340 e. The lowest BCUT2D eigenvalue weighted by Crippen LogP contribution is -2.38. The second-order valence-electron chi connectivity index (χ2n) is 9.07. The number of halogens is 1. The van der Waals surface area contributed by atoms with Crippen LogP contribution in [0.2, 0.25) is 0 Å². The van der Waals surface area contributed by atoms with Crippen LogP contribution < -0.4 is 5.73 Å². The van der Waals surface area contributed by atoms with E-state index in [0.29, 0.717) is 10.9 Å². The van der Waals surface area contributed by atoms with Gasteiger partial charge in [-0.2, -0.15) is 10.2 Å². The summed E-state index contributed by atoms with van der Waals surface area (Å²) in [5.41, 5.74) is 5.67. The van der Waals surface area contributed by atoms with Crippen LogP contribution in [0.4, 0.5) is 4.39 Å². The van der Waals surface area contributed by atoms with Gasteiger partial charge >= 0.3 is 5.97 Å². The van der Waals surface area contributed by atoms with Crippen LogP contribution in [-0.2, 0) is 16.0 Å². The molecule has 0 saturated carbocycles. The van der Waals surface area contributed by atoms with Crippen molar-refractivity contribution in [1.82, 2.24) is 10.2 Å². The predicted octanol–water partition coefficient (Wildman–Crippen LogP) is 3.78. The fourth-order valence-electron chi connectivity index (χ4n) is 3.81. The minimum absolute atomic E-state index is 0.0501. The van der Waals surface area contributed by atoms with Gasteiger partial charge in [0.15, 0.2) is 0 Å². The van der Waals surface area contributed by atoms with Crippen molar-refractivity contribution in [1.29, 1.82) is 0 Å². The number of carbonyl (C=O) groups excluding carboxylic acids is 2. The van der Waals surface area contributed by atoms with Gasteiger partial charge in [-0.25, -0.2) is 9.18 Å². The number of aliphatic hydroxyl groups is 1. The lowest BCUT2D eigenvalue weighted by atomic mass is 9.88. The SMILES string of the molecule is CC(C)(F)CC[C@H](C[C@H](O)[C@H](Cc1ccccc1)OC(=O)c1cnnc2ccccc12)C(N)=O. The molecule has 0 aliphatic heterocycles. The number of amides is 1. The Labute approximate surface area is 198 Å². The largest absolute Gasteiger partial charge is 0.456 e. The fraction of sp³-hybridized carbons (Fsp3) is 0.385. The van der Waals surface area contributed by atoms with E-state index in [2.05, 4.69) is 10.2 Å². The average Bonchev–Trinajstić information content (AvgIpc) is 2.80. The van der Waals surface area contributed by atoms with Crippen LogP contribution >= 0.6 is 0 Å². The molecular weight excluding hydrogens is 437 g/mol. The first-order valence-corrected chi connectivity index (χ1v) is 11.3. The Morgan fingerprint density at radius 2 is 1.79 bits per heavy atom. The maximum absolute atomic E-state index is 14.0. The number of aliphatic hydroxyl groups excluding tert-OH is 1. The average molecular weight is 468 g/mol. The summed E-state index contributed by atoms with van der Waals surface area (Å²) in [7, 11) is 0. The number of primary amides is 1. The topological polar surface area (TPSA) is 115 Å². The molecule has 1 amide bonds. The minimum atomic E-state index is -1.47. The summed E-state index contributed by atoms with van der Waals surface area (Å²) in [5, 5.41) is 19.5. The zero-order valence-corrected chi connectivity index (χ0v) is 19.4. The Kier molecular flexibility index (Phi) is 8.28. The zero-order valence-electron chi connectivity index (χ0n) is 19.4.